The Morgan fingerprint density at radius 3 is 2.67 bits per heavy atom. The Kier molecular flexibility index (Phi) is 5.80. The fourth-order valence-electron chi connectivity index (χ4n) is 2.70. The van der Waals surface area contributed by atoms with Crippen LogP contribution in [0.25, 0.3) is 0 Å². The lowest BCUT2D eigenvalue weighted by molar-refractivity contribution is 0.0505. The molecule has 2 N–H and O–H groups in total. The van der Waals surface area contributed by atoms with Crippen LogP contribution >= 0.6 is 11.3 Å². The minimum absolute atomic E-state index is 0.210. The number of carbonyl (C=O) groups is 2. The van der Waals surface area contributed by atoms with Crippen LogP contribution in [0.1, 0.15) is 34.2 Å². The fourth-order valence-corrected chi connectivity index (χ4v) is 3.41. The van der Waals surface area contributed by atoms with Crippen LogP contribution in [-0.4, -0.2) is 30.3 Å². The van der Waals surface area contributed by atoms with Crippen LogP contribution in [0.2, 0.25) is 0 Å². The van der Waals surface area contributed by atoms with Gasteiger partial charge in [0.05, 0.1) is 12.2 Å². The van der Waals surface area contributed by atoms with Crippen molar-refractivity contribution in [2.24, 2.45) is 0 Å². The van der Waals surface area contributed by atoms with Crippen molar-refractivity contribution in [3.8, 4) is 11.5 Å². The number of fused-ring (bicyclic) bond motifs is 1. The van der Waals surface area contributed by atoms with Crippen LogP contribution in [0.5, 0.6) is 11.5 Å². The van der Waals surface area contributed by atoms with E-state index in [1.165, 1.54) is 11.3 Å². The van der Waals surface area contributed by atoms with Crippen molar-refractivity contribution in [3.63, 3.8) is 0 Å². The minimum atomic E-state index is -0.381. The summed E-state index contributed by atoms with van der Waals surface area (Å²) in [6.07, 6.45) is 0.763. The molecule has 0 fully saturated rings. The number of esters is 1. The van der Waals surface area contributed by atoms with Gasteiger partial charge in [-0.05, 0) is 42.8 Å². The molecule has 2 heterocycles. The second kappa shape index (κ2) is 8.83. The van der Waals surface area contributed by atoms with Gasteiger partial charge in [-0.3, -0.25) is 4.79 Å². The van der Waals surface area contributed by atoms with Crippen molar-refractivity contribution >= 4 is 39.7 Å². The van der Waals surface area contributed by atoms with Gasteiger partial charge in [0.2, 0.25) is 6.79 Å². The van der Waals surface area contributed by atoms with E-state index in [0.29, 0.717) is 34.5 Å². The maximum Gasteiger partial charge on any atom is 0.338 e. The number of amides is 1. The van der Waals surface area contributed by atoms with Gasteiger partial charge in [0.25, 0.3) is 5.91 Å². The molecule has 0 saturated carbocycles. The zero-order valence-electron chi connectivity index (χ0n) is 16.1. The van der Waals surface area contributed by atoms with E-state index in [0.717, 1.165) is 12.1 Å². The molecule has 2 aromatic carbocycles. The van der Waals surface area contributed by atoms with Gasteiger partial charge in [-0.2, -0.15) is 0 Å². The first-order valence-electron chi connectivity index (χ1n) is 9.33. The molecule has 1 aromatic heterocycles. The van der Waals surface area contributed by atoms with E-state index in [4.69, 9.17) is 14.2 Å². The predicted molar refractivity (Wildman–Crippen MR) is 113 cm³/mol. The summed E-state index contributed by atoms with van der Waals surface area (Å²) in [6, 6.07) is 12.0. The van der Waals surface area contributed by atoms with Crippen molar-refractivity contribution in [1.29, 1.82) is 0 Å². The smallest absolute Gasteiger partial charge is 0.338 e. The molecule has 3 aromatic rings. The van der Waals surface area contributed by atoms with Crippen molar-refractivity contribution < 1.29 is 23.8 Å². The average Bonchev–Trinajstić information content (AvgIpc) is 3.42. The highest BCUT2D eigenvalue weighted by atomic mass is 32.1. The van der Waals surface area contributed by atoms with Gasteiger partial charge >= 0.3 is 5.97 Å². The van der Waals surface area contributed by atoms with Gasteiger partial charge in [-0.1, -0.05) is 6.92 Å². The van der Waals surface area contributed by atoms with E-state index in [1.54, 1.807) is 29.6 Å². The molecule has 0 spiro atoms. The van der Waals surface area contributed by atoms with Gasteiger partial charge in [0, 0.05) is 22.8 Å². The Balaban J connectivity index is 1.36. The maximum atomic E-state index is 12.5. The van der Waals surface area contributed by atoms with Crippen molar-refractivity contribution in [3.05, 3.63) is 59.1 Å². The highest BCUT2D eigenvalue weighted by Crippen LogP contribution is 2.35. The molecule has 8 nitrogen and oxygen atoms in total. The number of hydrogen-bond acceptors (Lipinski definition) is 8. The molecule has 9 heteroatoms. The molecule has 0 atom stereocenters. The van der Waals surface area contributed by atoms with Crippen LogP contribution < -0.4 is 20.1 Å². The number of carbonyl (C=O) groups excluding carboxylic acids is 2. The summed E-state index contributed by atoms with van der Waals surface area (Å²) < 4.78 is 15.7. The third-order valence-corrected chi connectivity index (χ3v) is 4.93. The molecule has 1 aliphatic rings. The van der Waals surface area contributed by atoms with Crippen LogP contribution in [0, 0.1) is 0 Å². The monoisotopic (exact) mass is 425 g/mol. The fraction of sp³-hybridized carbons (Fsp3) is 0.190. The lowest BCUT2D eigenvalue weighted by Crippen LogP contribution is -2.12. The highest BCUT2D eigenvalue weighted by molar-refractivity contribution is 7.14. The number of thiazole rings is 1. The number of benzene rings is 2. The van der Waals surface area contributed by atoms with Gasteiger partial charge in [0.15, 0.2) is 16.6 Å². The molecule has 154 valence electrons. The van der Waals surface area contributed by atoms with E-state index in [9.17, 15) is 9.59 Å². The topological polar surface area (TPSA) is 98.8 Å². The van der Waals surface area contributed by atoms with Crippen LogP contribution in [0.4, 0.5) is 16.5 Å². The summed E-state index contributed by atoms with van der Waals surface area (Å²) in [5.41, 5.74) is 2.07. The lowest BCUT2D eigenvalue weighted by Gasteiger charge is -2.06. The van der Waals surface area contributed by atoms with E-state index < -0.39 is 0 Å². The Hall–Kier alpha value is -3.59. The Morgan fingerprint density at radius 2 is 1.87 bits per heavy atom. The minimum Gasteiger partial charge on any atom is -0.462 e. The number of nitrogens with zero attached hydrogens (tertiary/aromatic N) is 1. The molecule has 0 aliphatic carbocycles. The molecule has 1 amide bonds. The summed E-state index contributed by atoms with van der Waals surface area (Å²) in [7, 11) is 0. The molecular formula is C21H19N3O5S. The zero-order chi connectivity index (χ0) is 20.9. The molecule has 0 saturated heterocycles. The lowest BCUT2D eigenvalue weighted by atomic mass is 10.2. The highest BCUT2D eigenvalue weighted by Gasteiger charge is 2.15. The summed E-state index contributed by atoms with van der Waals surface area (Å²) >= 11 is 1.31. The molecule has 4 rings (SSSR count). The second-order valence-electron chi connectivity index (χ2n) is 6.40. The maximum absolute atomic E-state index is 12.5. The number of nitrogens with one attached hydrogen (secondary N) is 2. The van der Waals surface area contributed by atoms with E-state index >= 15 is 0 Å². The molecule has 1 aliphatic heterocycles. The normalized spacial score (nSPS) is 11.8. The first-order valence-corrected chi connectivity index (χ1v) is 10.2. The van der Waals surface area contributed by atoms with Crippen LogP contribution in [0.15, 0.2) is 47.8 Å². The largest absolute Gasteiger partial charge is 0.462 e. The number of hydrogen-bond donors (Lipinski definition) is 2. The standard InChI is InChI=1S/C21H19N3O5S/c1-2-9-27-20(26)13-3-5-14(6-4-13)22-19(25)16-11-30-21(24-16)23-15-7-8-17-18(10-15)29-12-28-17/h3-8,10-11H,2,9,12H2,1H3,(H,22,25)(H,23,24). The summed E-state index contributed by atoms with van der Waals surface area (Å²) in [4.78, 5) is 28.6. The molecular weight excluding hydrogens is 406 g/mol. The number of ether oxygens (including phenoxy) is 3. The number of aromatic nitrogens is 1. The molecule has 0 unspecified atom stereocenters. The Labute approximate surface area is 176 Å². The number of rotatable bonds is 7. The average molecular weight is 425 g/mol. The van der Waals surface area contributed by atoms with Gasteiger partial charge < -0.3 is 24.8 Å². The first-order chi connectivity index (χ1) is 14.6. The van der Waals surface area contributed by atoms with Crippen molar-refractivity contribution in [2.45, 2.75) is 13.3 Å². The quantitative estimate of drug-likeness (QED) is 0.540. The summed E-state index contributed by atoms with van der Waals surface area (Å²) in [5, 5.41) is 8.16. The molecule has 30 heavy (non-hydrogen) atoms. The predicted octanol–water partition coefficient (Wildman–Crippen LogP) is 4.43. The van der Waals surface area contributed by atoms with E-state index in [1.807, 2.05) is 25.1 Å². The zero-order valence-corrected chi connectivity index (χ0v) is 17.0. The Morgan fingerprint density at radius 1 is 1.10 bits per heavy atom. The van der Waals surface area contributed by atoms with Crippen LogP contribution in [0.3, 0.4) is 0 Å². The van der Waals surface area contributed by atoms with Gasteiger partial charge in [-0.25, -0.2) is 9.78 Å². The van der Waals surface area contributed by atoms with Crippen molar-refractivity contribution in [2.75, 3.05) is 24.0 Å². The molecule has 0 radical (unpaired) electrons. The third kappa shape index (κ3) is 4.52. The SMILES string of the molecule is CCCOC(=O)c1ccc(NC(=O)c2csc(Nc3ccc4c(c3)OCO4)n2)cc1. The number of anilines is 3. The van der Waals surface area contributed by atoms with Crippen LogP contribution in [-0.2, 0) is 4.74 Å². The summed E-state index contributed by atoms with van der Waals surface area (Å²) in [5.74, 6) is 0.640. The first kappa shape index (κ1) is 19.7. The van der Waals surface area contributed by atoms with E-state index in [-0.39, 0.29) is 24.4 Å². The van der Waals surface area contributed by atoms with Gasteiger partial charge in [-0.15, -0.1) is 11.3 Å². The summed E-state index contributed by atoms with van der Waals surface area (Å²) in [6.45, 7) is 2.52. The van der Waals surface area contributed by atoms with Gasteiger partial charge in [0.1, 0.15) is 5.69 Å². The van der Waals surface area contributed by atoms with Crippen molar-refractivity contribution in [1.82, 2.24) is 4.98 Å². The second-order valence-corrected chi connectivity index (χ2v) is 7.26. The van der Waals surface area contributed by atoms with E-state index in [2.05, 4.69) is 15.6 Å². The molecule has 0 bridgehead atoms. The third-order valence-electron chi connectivity index (χ3n) is 4.18. The Bertz CT molecular complexity index is 1060.